The second-order valence-corrected chi connectivity index (χ2v) is 8.98. The van der Waals surface area contributed by atoms with Crippen LogP contribution in [0.15, 0.2) is 113 Å². The van der Waals surface area contributed by atoms with Crippen LogP contribution < -0.4 is 10.6 Å². The van der Waals surface area contributed by atoms with Crippen LogP contribution in [0.1, 0.15) is 0 Å². The molecule has 0 radical (unpaired) electrons. The number of non-ortho nitro benzene ring substituents is 1. The highest BCUT2D eigenvalue weighted by Crippen LogP contribution is 2.37. The molecule has 0 aliphatic heterocycles. The van der Waals surface area contributed by atoms with Gasteiger partial charge in [0.2, 0.25) is 0 Å². The molecule has 0 saturated heterocycles. The zero-order valence-electron chi connectivity index (χ0n) is 19.4. The Morgan fingerprint density at radius 1 is 0.676 bits per heavy atom. The van der Waals surface area contributed by atoms with E-state index in [0.717, 1.165) is 16.8 Å². The van der Waals surface area contributed by atoms with Crippen molar-refractivity contribution in [1.82, 2.24) is 0 Å². The summed E-state index contributed by atoms with van der Waals surface area (Å²) in [6.07, 6.45) is 0. The zero-order chi connectivity index (χ0) is 25.4. The number of hydrogen-bond donors (Lipinski definition) is 2. The molecule has 0 heterocycles. The molecule has 0 saturated carbocycles. The third kappa shape index (κ3) is 4.41. The Hall–Kier alpha value is -4.95. The summed E-state index contributed by atoms with van der Waals surface area (Å²) < 4.78 is 0. The molecular weight excluding hydrogens is 482 g/mol. The number of nitrogens with zero attached hydrogens (tertiary/aromatic N) is 3. The van der Waals surface area contributed by atoms with E-state index >= 15 is 0 Å². The number of nitro groups is 1. The van der Waals surface area contributed by atoms with E-state index in [1.54, 1.807) is 12.1 Å². The Labute approximate surface area is 216 Å². The highest BCUT2D eigenvalue weighted by molar-refractivity contribution is 7.80. The summed E-state index contributed by atoms with van der Waals surface area (Å²) in [5, 5.41) is 33.4. The van der Waals surface area contributed by atoms with Crippen LogP contribution in [0.4, 0.5) is 28.4 Å². The molecule has 6 aromatic carbocycles. The second-order valence-electron chi connectivity index (χ2n) is 8.57. The number of nitrogens with one attached hydrogen (secondary N) is 2. The summed E-state index contributed by atoms with van der Waals surface area (Å²) in [5.74, 6) is 0. The topological polar surface area (TPSA) is 91.9 Å². The van der Waals surface area contributed by atoms with Gasteiger partial charge >= 0.3 is 0 Å². The molecular formula is C29H19N5O2S. The Morgan fingerprint density at radius 2 is 1.24 bits per heavy atom. The van der Waals surface area contributed by atoms with E-state index in [-0.39, 0.29) is 5.69 Å². The summed E-state index contributed by atoms with van der Waals surface area (Å²) in [6.45, 7) is 0. The van der Waals surface area contributed by atoms with Crippen molar-refractivity contribution in [2.75, 3.05) is 10.6 Å². The van der Waals surface area contributed by atoms with Gasteiger partial charge in [-0.25, -0.2) is 0 Å². The predicted octanol–water partition coefficient (Wildman–Crippen LogP) is 8.72. The third-order valence-corrected chi connectivity index (χ3v) is 6.45. The smallest absolute Gasteiger partial charge is 0.269 e. The summed E-state index contributed by atoms with van der Waals surface area (Å²) >= 11 is 5.60. The normalized spacial score (nSPS) is 11.5. The maximum Gasteiger partial charge on any atom is 0.269 e. The zero-order valence-corrected chi connectivity index (χ0v) is 20.2. The first kappa shape index (κ1) is 22.5. The largest absolute Gasteiger partial charge is 0.332 e. The molecule has 0 aliphatic carbocycles. The number of azo groups is 1. The Bertz CT molecular complexity index is 1800. The van der Waals surface area contributed by atoms with E-state index in [1.165, 1.54) is 39.1 Å². The monoisotopic (exact) mass is 501 g/mol. The fourth-order valence-electron chi connectivity index (χ4n) is 4.50. The number of rotatable bonds is 5. The standard InChI is InChI=1S/C29H19N5O2S/c35-34(36)24-14-12-23(13-15-24)33-32-22-10-8-21(9-11-22)30-29(37)31-26-17-7-20-5-4-18-2-1-3-19-6-16-25(26)28(20)27(18)19/h1-17H,(H2,30,31,37). The van der Waals surface area contributed by atoms with Gasteiger partial charge in [-0.2, -0.15) is 10.2 Å². The van der Waals surface area contributed by atoms with Gasteiger partial charge in [0.15, 0.2) is 5.11 Å². The van der Waals surface area contributed by atoms with E-state index in [1.807, 2.05) is 24.3 Å². The molecule has 2 N–H and O–H groups in total. The fraction of sp³-hybridized carbons (Fsp3) is 0. The minimum absolute atomic E-state index is 0.0149. The molecule has 0 aliphatic rings. The van der Waals surface area contributed by atoms with Gasteiger partial charge in [0.25, 0.3) is 5.69 Å². The van der Waals surface area contributed by atoms with Gasteiger partial charge in [-0.15, -0.1) is 0 Å². The van der Waals surface area contributed by atoms with Crippen molar-refractivity contribution in [3.63, 3.8) is 0 Å². The quantitative estimate of drug-likeness (QED) is 0.0810. The van der Waals surface area contributed by atoms with Gasteiger partial charge in [-0.3, -0.25) is 10.1 Å². The average molecular weight is 502 g/mol. The molecule has 0 aromatic heterocycles. The van der Waals surface area contributed by atoms with Crippen molar-refractivity contribution < 1.29 is 4.92 Å². The van der Waals surface area contributed by atoms with Gasteiger partial charge in [0.1, 0.15) is 0 Å². The van der Waals surface area contributed by atoms with Crippen molar-refractivity contribution in [1.29, 1.82) is 0 Å². The van der Waals surface area contributed by atoms with Crippen LogP contribution in [0, 0.1) is 10.1 Å². The summed E-state index contributed by atoms with van der Waals surface area (Å²) in [6, 6.07) is 32.4. The third-order valence-electron chi connectivity index (χ3n) is 6.24. The summed E-state index contributed by atoms with van der Waals surface area (Å²) in [7, 11) is 0. The van der Waals surface area contributed by atoms with Crippen LogP contribution in [0.5, 0.6) is 0 Å². The molecule has 0 unspecified atom stereocenters. The number of hydrogen-bond acceptors (Lipinski definition) is 5. The first-order chi connectivity index (χ1) is 18.0. The molecule has 0 amide bonds. The van der Waals surface area contributed by atoms with Crippen molar-refractivity contribution in [2.24, 2.45) is 10.2 Å². The van der Waals surface area contributed by atoms with Gasteiger partial charge in [-0.1, -0.05) is 48.5 Å². The summed E-state index contributed by atoms with van der Waals surface area (Å²) in [5.41, 5.74) is 2.95. The van der Waals surface area contributed by atoms with E-state index < -0.39 is 4.92 Å². The highest BCUT2D eigenvalue weighted by atomic mass is 32.1. The lowest BCUT2D eigenvalue weighted by atomic mass is 9.93. The molecule has 0 spiro atoms. The van der Waals surface area contributed by atoms with E-state index in [2.05, 4.69) is 75.5 Å². The molecule has 178 valence electrons. The molecule has 6 aromatic rings. The SMILES string of the molecule is O=[N+]([O-])c1ccc(N=Nc2ccc(NC(=S)Nc3ccc4ccc5cccc6ccc3c4c56)cc2)cc1. The Morgan fingerprint density at radius 3 is 1.89 bits per heavy atom. The number of anilines is 2. The predicted molar refractivity (Wildman–Crippen MR) is 154 cm³/mol. The van der Waals surface area contributed by atoms with E-state index in [4.69, 9.17) is 12.2 Å². The second kappa shape index (κ2) is 9.25. The maximum atomic E-state index is 10.8. The van der Waals surface area contributed by atoms with Crippen LogP contribution >= 0.6 is 12.2 Å². The van der Waals surface area contributed by atoms with E-state index in [0.29, 0.717) is 16.5 Å². The van der Waals surface area contributed by atoms with Gasteiger partial charge in [-0.05, 0) is 81.6 Å². The lowest BCUT2D eigenvalue weighted by Crippen LogP contribution is -2.19. The van der Waals surface area contributed by atoms with Crippen LogP contribution in [-0.2, 0) is 0 Å². The van der Waals surface area contributed by atoms with Crippen molar-refractivity contribution >= 4 is 78.1 Å². The van der Waals surface area contributed by atoms with Gasteiger partial charge in [0, 0.05) is 28.9 Å². The summed E-state index contributed by atoms with van der Waals surface area (Å²) in [4.78, 5) is 10.3. The van der Waals surface area contributed by atoms with Crippen molar-refractivity contribution in [3.8, 4) is 0 Å². The maximum absolute atomic E-state index is 10.8. The average Bonchev–Trinajstić information content (AvgIpc) is 2.92. The number of benzene rings is 6. The van der Waals surface area contributed by atoms with Crippen LogP contribution in [0.25, 0.3) is 32.3 Å². The highest BCUT2D eigenvalue weighted by Gasteiger charge is 2.11. The van der Waals surface area contributed by atoms with Crippen LogP contribution in [0.2, 0.25) is 0 Å². The fourth-order valence-corrected chi connectivity index (χ4v) is 4.72. The number of nitro benzene ring substituents is 1. The minimum Gasteiger partial charge on any atom is -0.332 e. The molecule has 7 nitrogen and oxygen atoms in total. The molecule has 0 atom stereocenters. The molecule has 0 bridgehead atoms. The van der Waals surface area contributed by atoms with E-state index in [9.17, 15) is 10.1 Å². The van der Waals surface area contributed by atoms with Crippen LogP contribution in [0.3, 0.4) is 0 Å². The van der Waals surface area contributed by atoms with Gasteiger partial charge in [0.05, 0.1) is 16.3 Å². The van der Waals surface area contributed by atoms with Crippen LogP contribution in [-0.4, -0.2) is 10.0 Å². The molecule has 8 heteroatoms. The van der Waals surface area contributed by atoms with Crippen molar-refractivity contribution in [2.45, 2.75) is 0 Å². The first-order valence-corrected chi connectivity index (χ1v) is 12.0. The molecule has 0 fully saturated rings. The molecule has 6 rings (SSSR count). The lowest BCUT2D eigenvalue weighted by molar-refractivity contribution is -0.384. The van der Waals surface area contributed by atoms with Gasteiger partial charge < -0.3 is 10.6 Å². The lowest BCUT2D eigenvalue weighted by Gasteiger charge is -2.16. The first-order valence-electron chi connectivity index (χ1n) is 11.6. The van der Waals surface area contributed by atoms with Crippen molar-refractivity contribution in [3.05, 3.63) is 113 Å². The minimum atomic E-state index is -0.448. The number of thiocarbonyl (C=S) groups is 1. The Kier molecular flexibility index (Phi) is 5.63. The molecule has 37 heavy (non-hydrogen) atoms. The Balaban J connectivity index is 1.17.